The van der Waals surface area contributed by atoms with Gasteiger partial charge in [0.15, 0.2) is 0 Å². The lowest BCUT2D eigenvalue weighted by molar-refractivity contribution is 0.178. The van der Waals surface area contributed by atoms with Crippen LogP contribution >= 0.6 is 0 Å². The van der Waals surface area contributed by atoms with Gasteiger partial charge in [-0.25, -0.2) is 0 Å². The van der Waals surface area contributed by atoms with Crippen molar-refractivity contribution < 1.29 is 9.84 Å². The highest BCUT2D eigenvalue weighted by Gasteiger charge is 2.38. The van der Waals surface area contributed by atoms with Crippen LogP contribution in [0.4, 0.5) is 0 Å². The molecule has 0 aliphatic carbocycles. The fourth-order valence-electron chi connectivity index (χ4n) is 0.695. The van der Waals surface area contributed by atoms with Crippen molar-refractivity contribution in [1.29, 1.82) is 0 Å². The van der Waals surface area contributed by atoms with E-state index in [1.54, 1.807) is 0 Å². The van der Waals surface area contributed by atoms with E-state index in [1.807, 2.05) is 6.92 Å². The quantitative estimate of drug-likeness (QED) is 0.414. The summed E-state index contributed by atoms with van der Waals surface area (Å²) >= 11 is 0. The third-order valence-electron chi connectivity index (χ3n) is 1.34. The molecule has 1 N–H and O–H groups in total. The molecule has 8 heavy (non-hydrogen) atoms. The zero-order chi connectivity index (χ0) is 6.15. The average molecular weight is 114 g/mol. The second kappa shape index (κ2) is 1.88. The molecule has 1 aliphatic heterocycles. The van der Waals surface area contributed by atoms with Crippen LogP contribution in [0, 0.1) is 0 Å². The summed E-state index contributed by atoms with van der Waals surface area (Å²) < 4.78 is 4.95. The minimum Gasteiger partial charge on any atom is -0.386 e. The first-order valence-electron chi connectivity index (χ1n) is 2.72. The number of rotatable bonds is 2. The highest BCUT2D eigenvalue weighted by molar-refractivity contribution is 4.95. The van der Waals surface area contributed by atoms with Crippen LogP contribution in [0.1, 0.15) is 6.92 Å². The van der Waals surface area contributed by atoms with Gasteiger partial charge in [-0.2, -0.15) is 0 Å². The van der Waals surface area contributed by atoms with Crippen LogP contribution in [0.3, 0.4) is 0 Å². The normalized spacial score (nSPS) is 38.8. The van der Waals surface area contributed by atoms with Gasteiger partial charge in [-0.1, -0.05) is 6.08 Å². The Labute approximate surface area is 48.8 Å². The van der Waals surface area contributed by atoms with Gasteiger partial charge in [0.2, 0.25) is 0 Å². The summed E-state index contributed by atoms with van der Waals surface area (Å²) in [5.41, 5.74) is 0. The Balaban J connectivity index is 2.27. The first-order chi connectivity index (χ1) is 3.75. The van der Waals surface area contributed by atoms with E-state index in [4.69, 9.17) is 9.84 Å². The molecule has 2 heteroatoms. The minimum atomic E-state index is -0.468. The summed E-state index contributed by atoms with van der Waals surface area (Å²) in [6, 6.07) is 0. The number of hydrogen-bond donors (Lipinski definition) is 1. The van der Waals surface area contributed by atoms with Crippen molar-refractivity contribution in [3.8, 4) is 0 Å². The number of epoxide rings is 1. The second-order valence-electron chi connectivity index (χ2n) is 2.03. The van der Waals surface area contributed by atoms with Gasteiger partial charge in [0, 0.05) is 0 Å². The molecular formula is C6H10O2. The minimum absolute atomic E-state index is 0.0208. The zero-order valence-electron chi connectivity index (χ0n) is 4.87. The molecule has 0 aromatic rings. The molecule has 0 radical (unpaired) electrons. The van der Waals surface area contributed by atoms with Gasteiger partial charge in [-0.3, -0.25) is 0 Å². The highest BCUT2D eigenvalue weighted by Crippen LogP contribution is 2.24. The van der Waals surface area contributed by atoms with E-state index in [2.05, 4.69) is 6.58 Å². The number of aliphatic hydroxyl groups excluding tert-OH is 1. The molecule has 46 valence electrons. The topological polar surface area (TPSA) is 32.8 Å². The number of hydrogen-bond acceptors (Lipinski definition) is 2. The highest BCUT2D eigenvalue weighted by atomic mass is 16.6. The summed E-state index contributed by atoms with van der Waals surface area (Å²) in [5, 5.41) is 8.93. The summed E-state index contributed by atoms with van der Waals surface area (Å²) in [7, 11) is 0. The van der Waals surface area contributed by atoms with Crippen molar-refractivity contribution >= 4 is 0 Å². The van der Waals surface area contributed by atoms with Crippen molar-refractivity contribution in [2.75, 3.05) is 0 Å². The Morgan fingerprint density at radius 3 is 2.50 bits per heavy atom. The van der Waals surface area contributed by atoms with E-state index in [0.29, 0.717) is 0 Å². The van der Waals surface area contributed by atoms with Crippen LogP contribution < -0.4 is 0 Å². The van der Waals surface area contributed by atoms with Crippen molar-refractivity contribution in [3.63, 3.8) is 0 Å². The Morgan fingerprint density at radius 1 is 1.88 bits per heavy atom. The molecule has 3 atom stereocenters. The van der Waals surface area contributed by atoms with Crippen molar-refractivity contribution in [2.45, 2.75) is 25.2 Å². The van der Waals surface area contributed by atoms with E-state index in [1.165, 1.54) is 6.08 Å². The molecule has 1 fully saturated rings. The largest absolute Gasteiger partial charge is 0.386 e. The molecule has 1 saturated heterocycles. The van der Waals surface area contributed by atoms with Crippen LogP contribution in [-0.4, -0.2) is 23.4 Å². The van der Waals surface area contributed by atoms with Gasteiger partial charge in [0.1, 0.15) is 12.2 Å². The molecule has 2 nitrogen and oxygen atoms in total. The van der Waals surface area contributed by atoms with E-state index in [-0.39, 0.29) is 12.2 Å². The third kappa shape index (κ3) is 0.904. The van der Waals surface area contributed by atoms with Gasteiger partial charge in [-0.05, 0) is 6.92 Å². The van der Waals surface area contributed by atoms with Crippen LogP contribution in [-0.2, 0) is 4.74 Å². The number of ether oxygens (including phenoxy) is 1. The SMILES string of the molecule is C=CC(O)C1OC1C. The fourth-order valence-corrected chi connectivity index (χ4v) is 0.695. The maximum absolute atomic E-state index is 8.93. The lowest BCUT2D eigenvalue weighted by atomic mass is 10.2. The van der Waals surface area contributed by atoms with Crippen molar-refractivity contribution in [2.24, 2.45) is 0 Å². The lowest BCUT2D eigenvalue weighted by Gasteiger charge is -1.95. The van der Waals surface area contributed by atoms with Gasteiger partial charge < -0.3 is 9.84 Å². The van der Waals surface area contributed by atoms with E-state index in [0.717, 1.165) is 0 Å². The first kappa shape index (κ1) is 5.79. The van der Waals surface area contributed by atoms with Crippen molar-refractivity contribution in [1.82, 2.24) is 0 Å². The maximum atomic E-state index is 8.93. The molecule has 0 bridgehead atoms. The monoisotopic (exact) mass is 114 g/mol. The summed E-state index contributed by atoms with van der Waals surface area (Å²) in [6.45, 7) is 5.35. The molecule has 0 saturated carbocycles. The van der Waals surface area contributed by atoms with Crippen LogP contribution in [0.2, 0.25) is 0 Å². The molecule has 1 aliphatic rings. The molecule has 0 amide bonds. The lowest BCUT2D eigenvalue weighted by Crippen LogP contribution is -2.11. The molecule has 0 aromatic carbocycles. The first-order valence-corrected chi connectivity index (χ1v) is 2.72. The fraction of sp³-hybridized carbons (Fsp3) is 0.667. The Kier molecular flexibility index (Phi) is 1.36. The third-order valence-corrected chi connectivity index (χ3v) is 1.34. The summed E-state index contributed by atoms with van der Waals surface area (Å²) in [4.78, 5) is 0. The predicted octanol–water partition coefficient (Wildman–Crippen LogP) is 0.321. The van der Waals surface area contributed by atoms with Crippen molar-refractivity contribution in [3.05, 3.63) is 12.7 Å². The van der Waals surface area contributed by atoms with Crippen LogP contribution in [0.25, 0.3) is 0 Å². The molecule has 0 spiro atoms. The smallest absolute Gasteiger partial charge is 0.113 e. The Morgan fingerprint density at radius 2 is 2.38 bits per heavy atom. The van der Waals surface area contributed by atoms with Crippen LogP contribution in [0.5, 0.6) is 0 Å². The van der Waals surface area contributed by atoms with Crippen LogP contribution in [0.15, 0.2) is 12.7 Å². The zero-order valence-corrected chi connectivity index (χ0v) is 4.87. The molecular weight excluding hydrogens is 104 g/mol. The van der Waals surface area contributed by atoms with E-state index in [9.17, 15) is 0 Å². The molecule has 1 heterocycles. The van der Waals surface area contributed by atoms with Gasteiger partial charge in [0.05, 0.1) is 6.10 Å². The number of aliphatic hydroxyl groups is 1. The standard InChI is InChI=1S/C6H10O2/c1-3-5(7)6-4(2)8-6/h3-7H,1H2,2H3. The summed E-state index contributed by atoms with van der Waals surface area (Å²) in [6.07, 6.45) is 1.27. The Hall–Kier alpha value is -0.340. The average Bonchev–Trinajstić information content (AvgIpc) is 2.45. The second-order valence-corrected chi connectivity index (χ2v) is 2.03. The van der Waals surface area contributed by atoms with Gasteiger partial charge >= 0.3 is 0 Å². The Bertz CT molecular complexity index is 101. The summed E-state index contributed by atoms with van der Waals surface area (Å²) in [5.74, 6) is 0. The predicted molar refractivity (Wildman–Crippen MR) is 30.5 cm³/mol. The molecule has 0 aromatic heterocycles. The van der Waals surface area contributed by atoms with E-state index >= 15 is 0 Å². The maximum Gasteiger partial charge on any atom is 0.113 e. The van der Waals surface area contributed by atoms with Gasteiger partial charge in [-0.15, -0.1) is 6.58 Å². The van der Waals surface area contributed by atoms with E-state index < -0.39 is 6.10 Å². The van der Waals surface area contributed by atoms with Gasteiger partial charge in [0.25, 0.3) is 0 Å². The molecule has 1 rings (SSSR count). The molecule has 3 unspecified atom stereocenters.